The lowest BCUT2D eigenvalue weighted by molar-refractivity contribution is -0.643. The molecule has 0 atom stereocenters. The van der Waals surface area contributed by atoms with Gasteiger partial charge in [-0.05, 0) is 65.8 Å². The van der Waals surface area contributed by atoms with Gasteiger partial charge in [-0.1, -0.05) is 36.4 Å². The van der Waals surface area contributed by atoms with E-state index < -0.39 is 11.7 Å². The van der Waals surface area contributed by atoms with Crippen LogP contribution < -0.4 is 4.57 Å². The lowest BCUT2D eigenvalue weighted by atomic mass is 9.90. The number of fused-ring (bicyclic) bond motifs is 7. The van der Waals surface area contributed by atoms with Crippen LogP contribution in [0.4, 0.5) is 13.2 Å². The van der Waals surface area contributed by atoms with E-state index in [-0.39, 0.29) is 5.39 Å². The van der Waals surface area contributed by atoms with Crippen LogP contribution in [0.1, 0.15) is 22.3 Å². The highest BCUT2D eigenvalue weighted by molar-refractivity contribution is 6.29. The molecule has 0 unspecified atom stereocenters. The summed E-state index contributed by atoms with van der Waals surface area (Å²) in [6.07, 6.45) is -2.59. The third-order valence-electron chi connectivity index (χ3n) is 7.82. The molecular formula is C30H22F3N2+. The van der Waals surface area contributed by atoms with Gasteiger partial charge in [-0.3, -0.25) is 0 Å². The smallest absolute Gasteiger partial charge is 0.307 e. The van der Waals surface area contributed by atoms with Crippen LogP contribution in [-0.2, 0) is 13.2 Å². The van der Waals surface area contributed by atoms with Gasteiger partial charge in [0.05, 0.1) is 32.9 Å². The molecule has 0 amide bonds. The normalized spacial score (nSPS) is 13.0. The van der Waals surface area contributed by atoms with Gasteiger partial charge in [0.25, 0.3) is 0 Å². The maximum absolute atomic E-state index is 14.5. The second kappa shape index (κ2) is 6.42. The van der Waals surface area contributed by atoms with Gasteiger partial charge in [-0.15, -0.1) is 0 Å². The molecule has 0 spiro atoms. The zero-order valence-electron chi connectivity index (χ0n) is 19.8. The first-order valence-corrected chi connectivity index (χ1v) is 11.7. The molecule has 7 rings (SSSR count). The number of rotatable bonds is 0. The van der Waals surface area contributed by atoms with Crippen LogP contribution in [0.3, 0.4) is 0 Å². The number of nitrogens with zero attached hydrogens (tertiary/aromatic N) is 2. The summed E-state index contributed by atoms with van der Waals surface area (Å²) in [4.78, 5) is 0. The average molecular weight is 468 g/mol. The average Bonchev–Trinajstić information content (AvgIpc) is 3.16. The van der Waals surface area contributed by atoms with Crippen molar-refractivity contribution in [2.75, 3.05) is 0 Å². The van der Waals surface area contributed by atoms with Crippen LogP contribution in [0.15, 0.2) is 60.8 Å². The van der Waals surface area contributed by atoms with E-state index in [1.54, 1.807) is 6.07 Å². The van der Waals surface area contributed by atoms with Crippen molar-refractivity contribution >= 4 is 59.8 Å². The number of benzene rings is 4. The first-order chi connectivity index (χ1) is 16.7. The van der Waals surface area contributed by atoms with Crippen LogP contribution in [-0.4, -0.2) is 4.40 Å². The van der Waals surface area contributed by atoms with Crippen molar-refractivity contribution in [3.05, 3.63) is 83.0 Å². The highest BCUT2D eigenvalue weighted by Crippen LogP contribution is 2.48. The van der Waals surface area contributed by atoms with E-state index in [2.05, 4.69) is 47.9 Å². The van der Waals surface area contributed by atoms with Crippen LogP contribution in [0.2, 0.25) is 0 Å². The molecule has 0 aliphatic heterocycles. The largest absolute Gasteiger partial charge is 0.417 e. The van der Waals surface area contributed by atoms with Crippen molar-refractivity contribution in [3.63, 3.8) is 0 Å². The van der Waals surface area contributed by atoms with Gasteiger partial charge in [-0.2, -0.15) is 13.2 Å². The Hall–Kier alpha value is -3.86. The molecule has 3 heterocycles. The lowest BCUT2D eigenvalue weighted by Crippen LogP contribution is -2.29. The van der Waals surface area contributed by atoms with Gasteiger partial charge in [0.2, 0.25) is 5.52 Å². The highest BCUT2D eigenvalue weighted by Gasteiger charge is 2.37. The van der Waals surface area contributed by atoms with Crippen molar-refractivity contribution in [2.45, 2.75) is 26.9 Å². The Balaban J connectivity index is 1.99. The summed E-state index contributed by atoms with van der Waals surface area (Å²) in [7, 11) is 1.98. The minimum absolute atomic E-state index is 0.278. The summed E-state index contributed by atoms with van der Waals surface area (Å²) in [5, 5.41) is 5.82. The summed E-state index contributed by atoms with van der Waals surface area (Å²) in [5.41, 5.74) is 6.20. The van der Waals surface area contributed by atoms with Gasteiger partial charge in [0, 0.05) is 16.8 Å². The molecule has 0 fully saturated rings. The first kappa shape index (κ1) is 20.5. The summed E-state index contributed by atoms with van der Waals surface area (Å²) >= 11 is 0. The van der Waals surface area contributed by atoms with Crippen LogP contribution in [0.25, 0.3) is 59.8 Å². The monoisotopic (exact) mass is 467 g/mol. The van der Waals surface area contributed by atoms with Crippen LogP contribution >= 0.6 is 0 Å². The van der Waals surface area contributed by atoms with Crippen molar-refractivity contribution < 1.29 is 17.7 Å². The van der Waals surface area contributed by atoms with E-state index in [4.69, 9.17) is 0 Å². The maximum Gasteiger partial charge on any atom is 0.417 e. The van der Waals surface area contributed by atoms with Crippen LogP contribution in [0.5, 0.6) is 0 Å². The number of aryl methyl sites for hydroxylation is 4. The molecule has 0 saturated heterocycles. The quantitative estimate of drug-likeness (QED) is 0.122. The van der Waals surface area contributed by atoms with Crippen LogP contribution in [0, 0.1) is 20.8 Å². The fourth-order valence-electron chi connectivity index (χ4n) is 6.43. The van der Waals surface area contributed by atoms with Crippen molar-refractivity contribution in [1.82, 2.24) is 4.40 Å². The standard InChI is InChI=1S/C30H22F3N2/c1-15-8-7-10-19-16(2)24-27(17(3)23(15)19)35-22-11-6-5-9-20(22)26-21(30(31,32)33)14-18-12-13-34(4)28(24)25(18)29(26)35/h5-14H,1-4H3/q+1. The Bertz CT molecular complexity index is 2030. The number of pyridine rings is 2. The van der Waals surface area contributed by atoms with Crippen molar-refractivity contribution in [2.24, 2.45) is 7.05 Å². The molecule has 0 aliphatic rings. The second-order valence-corrected chi connectivity index (χ2v) is 9.71. The minimum Gasteiger partial charge on any atom is -0.307 e. The second-order valence-electron chi connectivity index (χ2n) is 9.71. The molecule has 7 aromatic rings. The predicted molar refractivity (Wildman–Crippen MR) is 137 cm³/mol. The Kier molecular flexibility index (Phi) is 3.76. The fraction of sp³-hybridized carbons (Fsp3) is 0.167. The third-order valence-corrected chi connectivity index (χ3v) is 7.82. The topological polar surface area (TPSA) is 8.29 Å². The first-order valence-electron chi connectivity index (χ1n) is 11.7. The van der Waals surface area contributed by atoms with E-state index in [0.29, 0.717) is 16.3 Å². The van der Waals surface area contributed by atoms with E-state index in [9.17, 15) is 13.2 Å². The number of hydrogen-bond acceptors (Lipinski definition) is 0. The summed E-state index contributed by atoms with van der Waals surface area (Å²) < 4.78 is 47.6. The van der Waals surface area contributed by atoms with Gasteiger partial charge in [0.15, 0.2) is 6.20 Å². The molecule has 2 nitrogen and oxygen atoms in total. The Labute approximate surface area is 199 Å². The molecule has 0 aliphatic carbocycles. The molecule has 0 bridgehead atoms. The Morgan fingerprint density at radius 3 is 2.26 bits per heavy atom. The van der Waals surface area contributed by atoms with Gasteiger partial charge < -0.3 is 4.40 Å². The predicted octanol–water partition coefficient (Wildman–Crippen LogP) is 7.91. The number of aromatic nitrogens is 2. The zero-order chi connectivity index (χ0) is 24.4. The zero-order valence-corrected chi connectivity index (χ0v) is 19.8. The summed E-state index contributed by atoms with van der Waals surface area (Å²) in [6, 6.07) is 16.9. The van der Waals surface area contributed by atoms with E-state index in [1.807, 2.05) is 37.5 Å². The van der Waals surface area contributed by atoms with Gasteiger partial charge in [-0.25, -0.2) is 4.57 Å². The Morgan fingerprint density at radius 2 is 1.49 bits per heavy atom. The molecular weight excluding hydrogens is 445 g/mol. The van der Waals surface area contributed by atoms with Gasteiger partial charge >= 0.3 is 6.18 Å². The molecule has 4 aromatic carbocycles. The molecule has 0 N–H and O–H groups in total. The number of para-hydroxylation sites is 1. The van der Waals surface area contributed by atoms with Crippen molar-refractivity contribution in [3.8, 4) is 0 Å². The maximum atomic E-state index is 14.5. The number of halogens is 3. The summed E-state index contributed by atoms with van der Waals surface area (Å²) in [6.45, 7) is 6.34. The van der Waals surface area contributed by atoms with Gasteiger partial charge in [0.1, 0.15) is 7.05 Å². The number of alkyl halides is 3. The lowest BCUT2D eigenvalue weighted by Gasteiger charge is -2.19. The molecule has 3 aromatic heterocycles. The van der Waals surface area contributed by atoms with E-state index in [0.717, 1.165) is 44.0 Å². The van der Waals surface area contributed by atoms with Crippen molar-refractivity contribution in [1.29, 1.82) is 0 Å². The fourth-order valence-corrected chi connectivity index (χ4v) is 6.43. The molecule has 0 saturated carbocycles. The Morgan fingerprint density at radius 1 is 0.743 bits per heavy atom. The molecule has 35 heavy (non-hydrogen) atoms. The van der Waals surface area contributed by atoms with E-state index >= 15 is 0 Å². The molecule has 0 radical (unpaired) electrons. The number of hydrogen-bond donors (Lipinski definition) is 0. The van der Waals surface area contributed by atoms with E-state index in [1.165, 1.54) is 16.8 Å². The molecule has 172 valence electrons. The summed E-state index contributed by atoms with van der Waals surface area (Å²) in [5.74, 6) is 0. The highest BCUT2D eigenvalue weighted by atomic mass is 19.4. The minimum atomic E-state index is -4.47. The third kappa shape index (κ3) is 2.38. The molecule has 5 heteroatoms. The SMILES string of the molecule is Cc1cccc2c(C)c3c(c(C)c12)n1c2ccccc2c2c(C(F)(F)F)cc4cc[n+](C)c3c4c21.